The van der Waals surface area contributed by atoms with Crippen molar-refractivity contribution in [1.82, 2.24) is 9.21 Å². The van der Waals surface area contributed by atoms with Crippen LogP contribution in [0.15, 0.2) is 58.3 Å². The molecule has 1 N–H and O–H groups in total. The van der Waals surface area contributed by atoms with Gasteiger partial charge in [0, 0.05) is 37.5 Å². The predicted molar refractivity (Wildman–Crippen MR) is 125 cm³/mol. The maximum atomic E-state index is 13.2. The third-order valence-corrected chi connectivity index (χ3v) is 9.03. The van der Waals surface area contributed by atoms with E-state index in [1.165, 1.54) is 22.1 Å². The third-order valence-electron chi connectivity index (χ3n) is 5.96. The maximum Gasteiger partial charge on any atom is 0.243 e. The first kappa shape index (κ1) is 22.8. The molecule has 0 spiro atoms. The van der Waals surface area contributed by atoms with Crippen LogP contribution in [-0.2, 0) is 26.2 Å². The molecule has 1 fully saturated rings. The first-order chi connectivity index (χ1) is 15.3. The quantitative estimate of drug-likeness (QED) is 0.721. The molecule has 4 rings (SSSR count). The Kier molecular flexibility index (Phi) is 6.60. The molecule has 2 amide bonds. The molecule has 1 atom stereocenters. The van der Waals surface area contributed by atoms with Crippen LogP contribution in [0.4, 0.5) is 5.69 Å². The summed E-state index contributed by atoms with van der Waals surface area (Å²) in [7, 11) is -1.91. The summed E-state index contributed by atoms with van der Waals surface area (Å²) in [5.41, 5.74) is 1.60. The lowest BCUT2D eigenvalue weighted by molar-refractivity contribution is -0.136. The van der Waals surface area contributed by atoms with Crippen molar-refractivity contribution >= 4 is 39.3 Å². The van der Waals surface area contributed by atoms with Crippen molar-refractivity contribution in [1.29, 1.82) is 0 Å². The minimum Gasteiger partial charge on any atom is -0.341 e. The number of hydrogen-bond acceptors (Lipinski definition) is 5. The van der Waals surface area contributed by atoms with Gasteiger partial charge in [0.05, 0.1) is 15.8 Å². The van der Waals surface area contributed by atoms with Gasteiger partial charge in [-0.25, -0.2) is 8.42 Å². The fourth-order valence-corrected chi connectivity index (χ4v) is 6.51. The highest BCUT2D eigenvalue weighted by molar-refractivity contribution is 8.01. The van der Waals surface area contributed by atoms with Gasteiger partial charge >= 0.3 is 0 Å². The Hall–Kier alpha value is -2.36. The first-order valence-electron chi connectivity index (χ1n) is 10.7. The van der Waals surface area contributed by atoms with Gasteiger partial charge in [0.15, 0.2) is 0 Å². The van der Waals surface area contributed by atoms with Crippen LogP contribution in [0.2, 0.25) is 0 Å². The van der Waals surface area contributed by atoms with Gasteiger partial charge in [-0.05, 0) is 43.5 Å². The van der Waals surface area contributed by atoms with Gasteiger partial charge in [0.2, 0.25) is 21.8 Å². The number of thioether (sulfide) groups is 1. The zero-order valence-corrected chi connectivity index (χ0v) is 19.8. The van der Waals surface area contributed by atoms with Gasteiger partial charge in [-0.2, -0.15) is 4.31 Å². The molecule has 2 aromatic rings. The zero-order chi connectivity index (χ0) is 22.9. The van der Waals surface area contributed by atoms with Gasteiger partial charge in [0.1, 0.15) is 0 Å². The number of hydrogen-bond donors (Lipinski definition) is 1. The summed E-state index contributed by atoms with van der Waals surface area (Å²) >= 11 is 1.42. The second-order valence-corrected chi connectivity index (χ2v) is 11.6. The van der Waals surface area contributed by atoms with Crippen LogP contribution in [0.3, 0.4) is 0 Å². The zero-order valence-electron chi connectivity index (χ0n) is 18.2. The SMILES string of the molecule is C[C@H]1Sc2ccc(S(=O)(=O)N3CCC(C(=O)N(C)Cc4ccccc4)CC3)cc2NC1=O. The Morgan fingerprint density at radius 1 is 1.16 bits per heavy atom. The molecule has 2 aromatic carbocycles. The molecule has 2 heterocycles. The molecule has 7 nitrogen and oxygen atoms in total. The predicted octanol–water partition coefficient (Wildman–Crippen LogP) is 3.18. The lowest BCUT2D eigenvalue weighted by Crippen LogP contribution is -2.43. The molecule has 0 bridgehead atoms. The van der Waals surface area contributed by atoms with Crippen LogP contribution in [0, 0.1) is 5.92 Å². The van der Waals surface area contributed by atoms with Gasteiger partial charge in [-0.1, -0.05) is 30.3 Å². The van der Waals surface area contributed by atoms with Crippen LogP contribution in [0.1, 0.15) is 25.3 Å². The molecular weight excluding hydrogens is 446 g/mol. The summed E-state index contributed by atoms with van der Waals surface area (Å²) in [5, 5.41) is 2.58. The highest BCUT2D eigenvalue weighted by Gasteiger charge is 2.34. The van der Waals surface area contributed by atoms with Gasteiger partial charge in [0.25, 0.3) is 0 Å². The molecule has 0 aromatic heterocycles. The minimum absolute atomic E-state index is 0.0496. The second kappa shape index (κ2) is 9.25. The Morgan fingerprint density at radius 2 is 1.84 bits per heavy atom. The lowest BCUT2D eigenvalue weighted by atomic mass is 9.96. The highest BCUT2D eigenvalue weighted by Crippen LogP contribution is 2.37. The number of piperidine rings is 1. The average molecular weight is 474 g/mol. The molecule has 9 heteroatoms. The number of amides is 2. The number of anilines is 1. The molecule has 0 unspecified atom stereocenters. The minimum atomic E-state index is -3.70. The third kappa shape index (κ3) is 4.69. The van der Waals surface area contributed by atoms with Crippen molar-refractivity contribution in [3.8, 4) is 0 Å². The van der Waals surface area contributed by atoms with Crippen molar-refractivity contribution in [2.75, 3.05) is 25.5 Å². The summed E-state index contributed by atoms with van der Waals surface area (Å²) in [6, 6.07) is 14.7. The molecule has 0 radical (unpaired) electrons. The number of carbonyl (C=O) groups is 2. The number of nitrogens with one attached hydrogen (secondary N) is 1. The Labute approximate surface area is 193 Å². The highest BCUT2D eigenvalue weighted by atomic mass is 32.2. The average Bonchev–Trinajstić information content (AvgIpc) is 2.79. The van der Waals surface area contributed by atoms with Crippen LogP contribution in [-0.4, -0.2) is 54.8 Å². The van der Waals surface area contributed by atoms with Crippen molar-refractivity contribution in [2.24, 2.45) is 5.92 Å². The number of rotatable bonds is 5. The number of nitrogens with zero attached hydrogens (tertiary/aromatic N) is 2. The molecule has 0 aliphatic carbocycles. The Morgan fingerprint density at radius 3 is 2.53 bits per heavy atom. The number of benzene rings is 2. The number of carbonyl (C=O) groups excluding carboxylic acids is 2. The van der Waals surface area contributed by atoms with Crippen molar-refractivity contribution in [3.05, 3.63) is 54.1 Å². The number of sulfonamides is 1. The molecule has 1 saturated heterocycles. The van der Waals surface area contributed by atoms with E-state index >= 15 is 0 Å². The Balaban J connectivity index is 1.40. The normalized spacial score (nSPS) is 19.8. The smallest absolute Gasteiger partial charge is 0.243 e. The Bertz CT molecular complexity index is 1110. The maximum absolute atomic E-state index is 13.2. The molecule has 170 valence electrons. The van der Waals surface area contributed by atoms with Crippen molar-refractivity contribution in [3.63, 3.8) is 0 Å². The summed E-state index contributed by atoms with van der Waals surface area (Å²) in [5.74, 6) is -0.264. The lowest BCUT2D eigenvalue weighted by Gasteiger charge is -2.33. The standard InChI is InChI=1S/C23H27N3O4S2/c1-16-22(27)24-20-14-19(8-9-21(20)31-16)32(29,30)26-12-10-18(11-13-26)23(28)25(2)15-17-6-4-3-5-7-17/h3-9,14,16,18H,10-13,15H2,1-2H3,(H,24,27)/t16-/m1/s1. The first-order valence-corrected chi connectivity index (χ1v) is 13.0. The molecular formula is C23H27N3O4S2. The summed E-state index contributed by atoms with van der Waals surface area (Å²) in [6.07, 6.45) is 0.985. The van der Waals surface area contributed by atoms with E-state index in [9.17, 15) is 18.0 Å². The summed E-state index contributed by atoms with van der Waals surface area (Å²) in [6.45, 7) is 2.95. The van der Waals surface area contributed by atoms with E-state index in [1.807, 2.05) is 37.3 Å². The summed E-state index contributed by atoms with van der Waals surface area (Å²) in [4.78, 5) is 27.6. The van der Waals surface area contributed by atoms with E-state index in [4.69, 9.17) is 0 Å². The van der Waals surface area contributed by atoms with E-state index in [0.717, 1.165) is 10.5 Å². The monoisotopic (exact) mass is 473 g/mol. The van der Waals surface area contributed by atoms with Crippen LogP contribution >= 0.6 is 11.8 Å². The fraction of sp³-hybridized carbons (Fsp3) is 0.391. The van der Waals surface area contributed by atoms with E-state index < -0.39 is 10.0 Å². The van der Waals surface area contributed by atoms with Crippen molar-refractivity contribution in [2.45, 2.75) is 41.4 Å². The largest absolute Gasteiger partial charge is 0.341 e. The number of fused-ring (bicyclic) bond motifs is 1. The molecule has 0 saturated carbocycles. The van der Waals surface area contributed by atoms with E-state index in [1.54, 1.807) is 24.1 Å². The molecule has 2 aliphatic heterocycles. The van der Waals surface area contributed by atoms with Crippen LogP contribution in [0.5, 0.6) is 0 Å². The molecule has 32 heavy (non-hydrogen) atoms. The van der Waals surface area contributed by atoms with E-state index in [-0.39, 0.29) is 27.9 Å². The van der Waals surface area contributed by atoms with E-state index in [0.29, 0.717) is 38.2 Å². The second-order valence-electron chi connectivity index (χ2n) is 8.27. The van der Waals surface area contributed by atoms with Gasteiger partial charge in [-0.3, -0.25) is 9.59 Å². The fourth-order valence-electron chi connectivity index (χ4n) is 4.09. The van der Waals surface area contributed by atoms with Crippen molar-refractivity contribution < 1.29 is 18.0 Å². The van der Waals surface area contributed by atoms with Gasteiger partial charge < -0.3 is 10.2 Å². The van der Waals surface area contributed by atoms with Gasteiger partial charge in [-0.15, -0.1) is 11.8 Å². The topological polar surface area (TPSA) is 86.8 Å². The van der Waals surface area contributed by atoms with Crippen LogP contribution in [0.25, 0.3) is 0 Å². The van der Waals surface area contributed by atoms with E-state index in [2.05, 4.69) is 5.32 Å². The van der Waals surface area contributed by atoms with Crippen LogP contribution < -0.4 is 5.32 Å². The summed E-state index contributed by atoms with van der Waals surface area (Å²) < 4.78 is 27.8. The molecule has 2 aliphatic rings.